The molecule has 1 aromatic carbocycles. The average molecular weight is 218 g/mol. The smallest absolute Gasteiger partial charge is 0.505 e. The molecular weight excluding hydrogens is 213 g/mol. The monoisotopic (exact) mass is 218 g/mol. The standard InChI is InChI=1S/C8H5F3N2O2/c9-8(10,11)15-4-1-5-7(6(14)2-4)13-3-12-5/h1-3,14H,(H,12,13). The maximum Gasteiger partial charge on any atom is 0.573 e. The van der Waals surface area contributed by atoms with Crippen LogP contribution in [0.3, 0.4) is 0 Å². The number of rotatable bonds is 1. The van der Waals surface area contributed by atoms with E-state index >= 15 is 0 Å². The lowest BCUT2D eigenvalue weighted by atomic mass is 10.3. The molecule has 15 heavy (non-hydrogen) atoms. The summed E-state index contributed by atoms with van der Waals surface area (Å²) < 4.78 is 39.3. The molecule has 80 valence electrons. The molecular formula is C8H5F3N2O2. The first kappa shape index (κ1) is 9.63. The molecule has 0 amide bonds. The van der Waals surface area contributed by atoms with Gasteiger partial charge in [0.1, 0.15) is 17.0 Å². The number of hydrogen-bond acceptors (Lipinski definition) is 3. The molecule has 0 fully saturated rings. The van der Waals surface area contributed by atoms with Gasteiger partial charge in [-0.05, 0) is 0 Å². The van der Waals surface area contributed by atoms with Crippen LogP contribution in [0.5, 0.6) is 11.5 Å². The van der Waals surface area contributed by atoms with Gasteiger partial charge in [0.2, 0.25) is 0 Å². The number of aromatic amines is 1. The van der Waals surface area contributed by atoms with Gasteiger partial charge in [0, 0.05) is 12.1 Å². The highest BCUT2D eigenvalue weighted by molar-refractivity contribution is 5.82. The van der Waals surface area contributed by atoms with Crippen molar-refractivity contribution in [3.63, 3.8) is 0 Å². The number of nitrogens with zero attached hydrogens (tertiary/aromatic N) is 1. The van der Waals surface area contributed by atoms with Crippen molar-refractivity contribution in [3.05, 3.63) is 18.5 Å². The molecule has 7 heteroatoms. The number of phenols is 1. The van der Waals surface area contributed by atoms with E-state index in [1.54, 1.807) is 0 Å². The normalized spacial score (nSPS) is 11.9. The summed E-state index contributed by atoms with van der Waals surface area (Å²) in [6, 6.07) is 1.96. The summed E-state index contributed by atoms with van der Waals surface area (Å²) in [5, 5.41) is 9.31. The SMILES string of the molecule is Oc1cc(OC(F)(F)F)cc2[nH]cnc12. The number of nitrogens with one attached hydrogen (secondary N) is 1. The number of hydrogen-bond donors (Lipinski definition) is 2. The molecule has 2 aromatic rings. The van der Waals surface area contributed by atoms with Crippen LogP contribution in [0.2, 0.25) is 0 Å². The zero-order valence-electron chi connectivity index (χ0n) is 7.17. The highest BCUT2D eigenvalue weighted by atomic mass is 19.4. The van der Waals surface area contributed by atoms with Crippen LogP contribution in [-0.2, 0) is 0 Å². The summed E-state index contributed by atoms with van der Waals surface area (Å²) in [6.07, 6.45) is -3.51. The lowest BCUT2D eigenvalue weighted by Gasteiger charge is -2.08. The van der Waals surface area contributed by atoms with Gasteiger partial charge in [0.25, 0.3) is 0 Å². The van der Waals surface area contributed by atoms with Gasteiger partial charge in [-0.1, -0.05) is 0 Å². The summed E-state index contributed by atoms with van der Waals surface area (Å²) in [5.41, 5.74) is 0.471. The van der Waals surface area contributed by atoms with Crippen molar-refractivity contribution in [3.8, 4) is 11.5 Å². The van der Waals surface area contributed by atoms with Crippen molar-refractivity contribution in [1.82, 2.24) is 9.97 Å². The van der Waals surface area contributed by atoms with E-state index in [0.29, 0.717) is 0 Å². The molecule has 0 atom stereocenters. The predicted octanol–water partition coefficient (Wildman–Crippen LogP) is 2.17. The molecule has 0 aliphatic heterocycles. The van der Waals surface area contributed by atoms with Crippen LogP contribution < -0.4 is 4.74 Å². The highest BCUT2D eigenvalue weighted by Gasteiger charge is 2.31. The van der Waals surface area contributed by atoms with Crippen molar-refractivity contribution in [2.24, 2.45) is 0 Å². The number of aromatic hydroxyl groups is 1. The lowest BCUT2D eigenvalue weighted by Crippen LogP contribution is -2.17. The zero-order chi connectivity index (χ0) is 11.1. The van der Waals surface area contributed by atoms with E-state index < -0.39 is 12.1 Å². The quantitative estimate of drug-likeness (QED) is 0.771. The first-order valence-electron chi connectivity index (χ1n) is 3.87. The minimum atomic E-state index is -4.78. The predicted molar refractivity (Wildman–Crippen MR) is 44.4 cm³/mol. The largest absolute Gasteiger partial charge is 0.573 e. The number of alkyl halides is 3. The third-order valence-electron chi connectivity index (χ3n) is 1.71. The van der Waals surface area contributed by atoms with Gasteiger partial charge in [-0.2, -0.15) is 0 Å². The number of aromatic nitrogens is 2. The molecule has 0 bridgehead atoms. The van der Waals surface area contributed by atoms with E-state index in [1.807, 2.05) is 0 Å². The Balaban J connectivity index is 2.45. The molecule has 1 heterocycles. The van der Waals surface area contributed by atoms with Crippen LogP contribution in [0.15, 0.2) is 18.5 Å². The minimum Gasteiger partial charge on any atom is -0.505 e. The zero-order valence-corrected chi connectivity index (χ0v) is 7.17. The Bertz CT molecular complexity index is 492. The summed E-state index contributed by atoms with van der Waals surface area (Å²) in [4.78, 5) is 6.28. The Morgan fingerprint density at radius 3 is 2.73 bits per heavy atom. The summed E-state index contributed by atoms with van der Waals surface area (Å²) in [7, 11) is 0. The summed E-state index contributed by atoms with van der Waals surface area (Å²) in [6.45, 7) is 0. The Hall–Kier alpha value is -1.92. The number of ether oxygens (including phenoxy) is 1. The van der Waals surface area contributed by atoms with E-state index in [4.69, 9.17) is 0 Å². The van der Waals surface area contributed by atoms with Gasteiger partial charge in [-0.25, -0.2) is 4.98 Å². The number of benzene rings is 1. The Kier molecular flexibility index (Phi) is 1.95. The molecule has 0 radical (unpaired) electrons. The number of halogens is 3. The second-order valence-corrected chi connectivity index (χ2v) is 2.79. The number of imidazole rings is 1. The Morgan fingerprint density at radius 2 is 2.07 bits per heavy atom. The van der Waals surface area contributed by atoms with Crippen LogP contribution in [0.1, 0.15) is 0 Å². The topological polar surface area (TPSA) is 58.1 Å². The maximum absolute atomic E-state index is 11.9. The molecule has 2 N–H and O–H groups in total. The van der Waals surface area contributed by atoms with Crippen molar-refractivity contribution in [1.29, 1.82) is 0 Å². The Labute approximate surface area is 81.3 Å². The lowest BCUT2D eigenvalue weighted by molar-refractivity contribution is -0.274. The Morgan fingerprint density at radius 1 is 1.33 bits per heavy atom. The highest BCUT2D eigenvalue weighted by Crippen LogP contribution is 2.31. The van der Waals surface area contributed by atoms with Gasteiger partial charge >= 0.3 is 6.36 Å². The van der Waals surface area contributed by atoms with E-state index in [0.717, 1.165) is 12.1 Å². The van der Waals surface area contributed by atoms with Crippen molar-refractivity contribution < 1.29 is 23.0 Å². The van der Waals surface area contributed by atoms with E-state index in [-0.39, 0.29) is 16.8 Å². The van der Waals surface area contributed by atoms with Crippen molar-refractivity contribution >= 4 is 11.0 Å². The van der Waals surface area contributed by atoms with Gasteiger partial charge in [-0.3, -0.25) is 0 Å². The molecule has 0 saturated carbocycles. The molecule has 2 rings (SSSR count). The van der Waals surface area contributed by atoms with Gasteiger partial charge in [0.05, 0.1) is 11.8 Å². The first-order valence-corrected chi connectivity index (χ1v) is 3.87. The second kappa shape index (κ2) is 3.04. The van der Waals surface area contributed by atoms with Crippen LogP contribution in [0.25, 0.3) is 11.0 Å². The second-order valence-electron chi connectivity index (χ2n) is 2.79. The van der Waals surface area contributed by atoms with Gasteiger partial charge in [-0.15, -0.1) is 13.2 Å². The first-order chi connectivity index (χ1) is 6.96. The van der Waals surface area contributed by atoms with Crippen molar-refractivity contribution in [2.75, 3.05) is 0 Å². The van der Waals surface area contributed by atoms with E-state index in [9.17, 15) is 18.3 Å². The molecule has 1 aromatic heterocycles. The fraction of sp³-hybridized carbons (Fsp3) is 0.125. The van der Waals surface area contributed by atoms with Gasteiger partial charge in [0.15, 0.2) is 0 Å². The average Bonchev–Trinajstić information content (AvgIpc) is 2.48. The van der Waals surface area contributed by atoms with Gasteiger partial charge < -0.3 is 14.8 Å². The number of fused-ring (bicyclic) bond motifs is 1. The molecule has 4 nitrogen and oxygen atoms in total. The molecule has 0 aliphatic rings. The molecule has 0 aliphatic carbocycles. The maximum atomic E-state index is 11.9. The van der Waals surface area contributed by atoms with E-state index in [1.165, 1.54) is 6.33 Å². The number of phenolic OH excluding ortho intramolecular Hbond substituents is 1. The number of H-pyrrole nitrogens is 1. The molecule has 0 saturated heterocycles. The third-order valence-corrected chi connectivity index (χ3v) is 1.71. The summed E-state index contributed by atoms with van der Waals surface area (Å²) >= 11 is 0. The fourth-order valence-corrected chi connectivity index (χ4v) is 1.20. The summed E-state index contributed by atoms with van der Waals surface area (Å²) in [5.74, 6) is -0.857. The molecule has 0 unspecified atom stereocenters. The third kappa shape index (κ3) is 1.95. The molecule has 0 spiro atoms. The minimum absolute atomic E-state index is 0.199. The van der Waals surface area contributed by atoms with Crippen LogP contribution in [0.4, 0.5) is 13.2 Å². The fourth-order valence-electron chi connectivity index (χ4n) is 1.20. The van der Waals surface area contributed by atoms with Crippen LogP contribution >= 0.6 is 0 Å². The van der Waals surface area contributed by atoms with Crippen molar-refractivity contribution in [2.45, 2.75) is 6.36 Å². The van der Waals surface area contributed by atoms with Crippen LogP contribution in [-0.4, -0.2) is 21.4 Å². The van der Waals surface area contributed by atoms with E-state index in [2.05, 4.69) is 14.7 Å². The van der Waals surface area contributed by atoms with Crippen LogP contribution in [0, 0.1) is 0 Å².